The second-order valence-electron chi connectivity index (χ2n) is 5.77. The average Bonchev–Trinajstić information content (AvgIpc) is 2.46. The summed E-state index contributed by atoms with van der Waals surface area (Å²) in [6.07, 6.45) is 1.89. The van der Waals surface area contributed by atoms with E-state index in [9.17, 15) is 9.90 Å². The fraction of sp³-hybridized carbons (Fsp3) is 0.667. The molecular weight excluding hydrogens is 336 g/mol. The number of aliphatic hydroxyl groups excluding tert-OH is 1. The van der Waals surface area contributed by atoms with Crippen LogP contribution in [0, 0.1) is 5.41 Å². The molecule has 2 N–H and O–H groups in total. The smallest absolute Gasteiger partial charge is 0.237 e. The fourth-order valence-corrected chi connectivity index (χ4v) is 2.63. The summed E-state index contributed by atoms with van der Waals surface area (Å²) < 4.78 is 7.52. The summed E-state index contributed by atoms with van der Waals surface area (Å²) in [5.41, 5.74) is 0.125. The summed E-state index contributed by atoms with van der Waals surface area (Å²) in [5, 5.41) is 13.3. The van der Waals surface area contributed by atoms with Crippen molar-refractivity contribution >= 4 is 15.9 Å². The van der Waals surface area contributed by atoms with Gasteiger partial charge in [0.05, 0.1) is 17.3 Å². The summed E-state index contributed by atoms with van der Waals surface area (Å²) >= 11 is 3.22. The molecule has 1 unspecified atom stereocenters. The Morgan fingerprint density at radius 2 is 2.14 bits per heavy atom. The van der Waals surface area contributed by atoms with Crippen molar-refractivity contribution in [2.75, 3.05) is 20.7 Å². The molecule has 1 aliphatic heterocycles. The van der Waals surface area contributed by atoms with Gasteiger partial charge < -0.3 is 19.7 Å². The Kier molecular flexibility index (Phi) is 6.43. The molecule has 2 rings (SSSR count). The van der Waals surface area contributed by atoms with Crippen LogP contribution in [0.3, 0.4) is 0 Å². The first-order chi connectivity index (χ1) is 9.80. The predicted octanol–water partition coefficient (Wildman–Crippen LogP) is 2.31. The highest BCUT2D eigenvalue weighted by atomic mass is 79.9. The van der Waals surface area contributed by atoms with E-state index in [4.69, 9.17) is 4.74 Å². The third-order valence-electron chi connectivity index (χ3n) is 3.79. The molecule has 1 aliphatic rings. The molecule has 5 nitrogen and oxygen atoms in total. The second kappa shape index (κ2) is 7.42. The minimum atomic E-state index is -0.688. The first kappa shape index (κ1) is 18.2. The lowest BCUT2D eigenvalue weighted by atomic mass is 9.78. The van der Waals surface area contributed by atoms with Gasteiger partial charge in [0.15, 0.2) is 5.75 Å². The lowest BCUT2D eigenvalue weighted by Crippen LogP contribution is -2.34. The number of pyridine rings is 1. The van der Waals surface area contributed by atoms with Crippen molar-refractivity contribution in [3.05, 3.63) is 26.6 Å². The molecular formula is C15H25BrN2O3. The van der Waals surface area contributed by atoms with Crippen molar-refractivity contribution in [2.45, 2.75) is 39.8 Å². The van der Waals surface area contributed by atoms with Gasteiger partial charge in [0, 0.05) is 12.7 Å². The van der Waals surface area contributed by atoms with Crippen molar-refractivity contribution in [2.24, 2.45) is 5.41 Å². The minimum Gasteiger partial charge on any atom is -0.491 e. The third-order valence-corrected chi connectivity index (χ3v) is 4.35. The molecule has 0 saturated carbocycles. The zero-order chi connectivity index (χ0) is 16.2. The van der Waals surface area contributed by atoms with Gasteiger partial charge in [0.2, 0.25) is 5.43 Å². The van der Waals surface area contributed by atoms with Gasteiger partial charge in [0.25, 0.3) is 0 Å². The number of fused-ring (bicyclic) bond motifs is 1. The summed E-state index contributed by atoms with van der Waals surface area (Å²) in [4.78, 5) is 11.9. The average molecular weight is 361 g/mol. The highest BCUT2D eigenvalue weighted by Crippen LogP contribution is 2.43. The van der Waals surface area contributed by atoms with Gasteiger partial charge >= 0.3 is 0 Å². The van der Waals surface area contributed by atoms with Crippen LogP contribution in [0.2, 0.25) is 0 Å². The van der Waals surface area contributed by atoms with Crippen LogP contribution in [0.5, 0.6) is 5.75 Å². The molecule has 0 amide bonds. The molecule has 6 heteroatoms. The molecule has 120 valence electrons. The number of methoxy groups -OCH3 is 1. The van der Waals surface area contributed by atoms with Gasteiger partial charge in [-0.25, -0.2) is 0 Å². The molecule has 0 fully saturated rings. The highest BCUT2D eigenvalue weighted by molar-refractivity contribution is 9.10. The molecule has 0 saturated heterocycles. The Balaban J connectivity index is 0.000000491. The monoisotopic (exact) mass is 360 g/mol. The van der Waals surface area contributed by atoms with E-state index in [0.717, 1.165) is 19.5 Å². The predicted molar refractivity (Wildman–Crippen MR) is 87.9 cm³/mol. The minimum absolute atomic E-state index is 0.213. The molecule has 0 radical (unpaired) electrons. The first-order valence-corrected chi connectivity index (χ1v) is 7.88. The van der Waals surface area contributed by atoms with Crippen molar-refractivity contribution in [3.63, 3.8) is 0 Å². The summed E-state index contributed by atoms with van der Waals surface area (Å²) in [7, 11) is 3.39. The van der Waals surface area contributed by atoms with Crippen LogP contribution in [0.1, 0.15) is 39.0 Å². The number of aliphatic hydroxyl groups is 1. The zero-order valence-corrected chi connectivity index (χ0v) is 15.0. The van der Waals surface area contributed by atoms with E-state index in [1.165, 1.54) is 7.11 Å². The Labute approximate surface area is 134 Å². The van der Waals surface area contributed by atoms with Gasteiger partial charge in [-0.3, -0.25) is 4.79 Å². The number of ether oxygens (including phenoxy) is 1. The molecule has 0 spiro atoms. The van der Waals surface area contributed by atoms with Gasteiger partial charge in [0.1, 0.15) is 6.10 Å². The Hall–Kier alpha value is -0.850. The summed E-state index contributed by atoms with van der Waals surface area (Å²) in [6.45, 7) is 7.90. The number of hydrogen-bond donors (Lipinski definition) is 2. The van der Waals surface area contributed by atoms with Crippen LogP contribution in [0.25, 0.3) is 0 Å². The van der Waals surface area contributed by atoms with E-state index in [2.05, 4.69) is 28.2 Å². The maximum atomic E-state index is 11.9. The number of aromatic nitrogens is 1. The standard InChI is InChI=1S/C12H16BrNO3.C3H9N/c1-12(2)4-5-14-6-7(13)9(15)10(17-3)8(14)11(12)16;1-3-4-2/h6,11,16H,4-5H2,1-3H3;4H,3H2,1-2H3. The van der Waals surface area contributed by atoms with Gasteiger partial charge in [-0.05, 0) is 41.4 Å². The molecule has 1 aromatic rings. The largest absolute Gasteiger partial charge is 0.491 e. The third kappa shape index (κ3) is 3.87. The van der Waals surface area contributed by atoms with E-state index in [0.29, 0.717) is 10.2 Å². The van der Waals surface area contributed by atoms with E-state index in [-0.39, 0.29) is 16.6 Å². The number of nitrogens with zero attached hydrogens (tertiary/aromatic N) is 1. The van der Waals surface area contributed by atoms with Crippen molar-refractivity contribution in [3.8, 4) is 5.75 Å². The molecule has 2 heterocycles. The normalized spacial score (nSPS) is 19.3. The van der Waals surface area contributed by atoms with Gasteiger partial charge in [-0.2, -0.15) is 0 Å². The summed E-state index contributed by atoms with van der Waals surface area (Å²) in [5.74, 6) is 0.236. The van der Waals surface area contributed by atoms with Gasteiger partial charge in [-0.15, -0.1) is 0 Å². The van der Waals surface area contributed by atoms with Gasteiger partial charge in [-0.1, -0.05) is 20.8 Å². The van der Waals surface area contributed by atoms with Crippen molar-refractivity contribution in [1.29, 1.82) is 0 Å². The van der Waals surface area contributed by atoms with Crippen LogP contribution in [0.4, 0.5) is 0 Å². The van der Waals surface area contributed by atoms with Crippen LogP contribution < -0.4 is 15.5 Å². The first-order valence-electron chi connectivity index (χ1n) is 7.09. The molecule has 1 aromatic heterocycles. The number of aryl methyl sites for hydroxylation is 1. The molecule has 0 aliphatic carbocycles. The highest BCUT2D eigenvalue weighted by Gasteiger charge is 2.37. The molecule has 21 heavy (non-hydrogen) atoms. The topological polar surface area (TPSA) is 63.5 Å². The van der Waals surface area contributed by atoms with Crippen molar-refractivity contribution in [1.82, 2.24) is 9.88 Å². The van der Waals surface area contributed by atoms with E-state index in [1.807, 2.05) is 25.5 Å². The Bertz CT molecular complexity index is 538. The Morgan fingerprint density at radius 1 is 1.57 bits per heavy atom. The number of nitrogens with one attached hydrogen (secondary N) is 1. The number of hydrogen-bond acceptors (Lipinski definition) is 4. The van der Waals surface area contributed by atoms with E-state index in [1.54, 1.807) is 6.20 Å². The summed E-state index contributed by atoms with van der Waals surface area (Å²) in [6, 6.07) is 0. The second-order valence-corrected chi connectivity index (χ2v) is 6.62. The Morgan fingerprint density at radius 3 is 2.62 bits per heavy atom. The van der Waals surface area contributed by atoms with Crippen LogP contribution in [-0.4, -0.2) is 30.4 Å². The zero-order valence-electron chi connectivity index (χ0n) is 13.4. The quantitative estimate of drug-likeness (QED) is 0.849. The SMILES string of the molecule is CCNC.COc1c2n(cc(Br)c1=O)CCC(C)(C)C2O. The van der Waals surface area contributed by atoms with E-state index >= 15 is 0 Å². The van der Waals surface area contributed by atoms with Crippen LogP contribution in [0.15, 0.2) is 15.5 Å². The maximum Gasteiger partial charge on any atom is 0.237 e. The molecule has 0 aromatic carbocycles. The van der Waals surface area contributed by atoms with Crippen LogP contribution >= 0.6 is 15.9 Å². The lowest BCUT2D eigenvalue weighted by molar-refractivity contribution is 0.0139. The maximum absolute atomic E-state index is 11.9. The van der Waals surface area contributed by atoms with Crippen molar-refractivity contribution < 1.29 is 9.84 Å². The fourth-order valence-electron chi connectivity index (χ4n) is 2.20. The van der Waals surface area contributed by atoms with E-state index < -0.39 is 6.10 Å². The number of rotatable bonds is 2. The van der Waals surface area contributed by atoms with Crippen LogP contribution in [-0.2, 0) is 6.54 Å². The molecule has 1 atom stereocenters. The number of halogens is 1. The molecule has 0 bridgehead atoms. The lowest BCUT2D eigenvalue weighted by Gasteiger charge is -2.38.